The Morgan fingerprint density at radius 1 is 1.12 bits per heavy atom. The molecule has 1 saturated heterocycles. The number of hydrogen-bond donors (Lipinski definition) is 0. The third-order valence-electron chi connectivity index (χ3n) is 8.34. The number of benzene rings is 1. The Morgan fingerprint density at radius 2 is 1.88 bits per heavy atom. The van der Waals surface area contributed by atoms with Crippen LogP contribution in [-0.2, 0) is 28.5 Å². The molecule has 1 aromatic carbocycles. The molecule has 0 bridgehead atoms. The maximum atomic E-state index is 14.2. The fourth-order valence-electron chi connectivity index (χ4n) is 6.25. The van der Waals surface area contributed by atoms with E-state index in [4.69, 9.17) is 33.7 Å². The van der Waals surface area contributed by atoms with Gasteiger partial charge >= 0.3 is 12.1 Å². The molecule has 3 aliphatic rings. The van der Waals surface area contributed by atoms with Crippen LogP contribution in [-0.4, -0.2) is 92.2 Å². The Hall–Kier alpha value is -3.47. The summed E-state index contributed by atoms with van der Waals surface area (Å²) in [5.74, 6) is -2.73. The number of halogens is 2. The van der Waals surface area contributed by atoms with Gasteiger partial charge in [0.15, 0.2) is 39.6 Å². The third kappa shape index (κ3) is 6.98. The van der Waals surface area contributed by atoms with E-state index in [1.807, 2.05) is 6.92 Å². The van der Waals surface area contributed by atoms with Crippen molar-refractivity contribution in [2.24, 2.45) is 0 Å². The van der Waals surface area contributed by atoms with E-state index >= 15 is 0 Å². The molecule has 0 N–H and O–H groups in total. The molecule has 1 aliphatic heterocycles. The maximum Gasteiger partial charge on any atom is 0.416 e. The van der Waals surface area contributed by atoms with Gasteiger partial charge < -0.3 is 23.7 Å². The van der Waals surface area contributed by atoms with Gasteiger partial charge in [-0.05, 0) is 65.2 Å². The van der Waals surface area contributed by atoms with E-state index in [1.165, 1.54) is 29.8 Å². The highest BCUT2D eigenvalue weighted by atomic mass is 32.2. The Morgan fingerprint density at radius 3 is 2.56 bits per heavy atom. The minimum atomic E-state index is -0.961. The van der Waals surface area contributed by atoms with E-state index in [9.17, 15) is 18.4 Å². The molecule has 260 valence electrons. The van der Waals surface area contributed by atoms with Crippen LogP contribution < -0.4 is 4.90 Å². The molecule has 0 unspecified atom stereocenters. The lowest BCUT2D eigenvalue weighted by Gasteiger charge is -2.27. The first-order chi connectivity index (χ1) is 22.7. The van der Waals surface area contributed by atoms with Crippen LogP contribution in [0, 0.1) is 11.6 Å². The van der Waals surface area contributed by atoms with E-state index < -0.39 is 65.5 Å². The van der Waals surface area contributed by atoms with Gasteiger partial charge in [0.05, 0.1) is 19.3 Å². The standard InChI is InChI=1S/C32H40F2N6O7S/c1-8-11-48-29-35-27(39(30(42)47-31(2,3)4)20-13-17(20)16-9-10-18(33)19(34)12-16)24-28(36-29)40(38-37-24)21-14-22(44-15-23(41)43-7)26-25(21)45-32(5,6)46-26/h9-10,12,17,20-22,25-26H,8,11,13-15H2,1-7H3/t17-,20+,21+,22-,25-,26+/m0/s1. The van der Waals surface area contributed by atoms with Crippen molar-refractivity contribution < 1.29 is 42.1 Å². The smallest absolute Gasteiger partial charge is 0.416 e. The molecule has 2 saturated carbocycles. The van der Waals surface area contributed by atoms with Gasteiger partial charge in [-0.25, -0.2) is 33.0 Å². The van der Waals surface area contributed by atoms with Crippen molar-refractivity contribution in [3.8, 4) is 0 Å². The molecular weight excluding hydrogens is 650 g/mol. The van der Waals surface area contributed by atoms with E-state index in [-0.39, 0.29) is 23.9 Å². The van der Waals surface area contributed by atoms with Crippen LogP contribution in [0.1, 0.15) is 78.3 Å². The van der Waals surface area contributed by atoms with E-state index in [0.717, 1.165) is 18.6 Å². The predicted molar refractivity (Wildman–Crippen MR) is 170 cm³/mol. The zero-order valence-corrected chi connectivity index (χ0v) is 28.8. The Labute approximate surface area is 281 Å². The molecule has 2 aromatic heterocycles. The number of ether oxygens (including phenoxy) is 5. The van der Waals surface area contributed by atoms with Crippen molar-refractivity contribution in [3.63, 3.8) is 0 Å². The van der Waals surface area contributed by atoms with E-state index in [2.05, 4.69) is 10.3 Å². The quantitative estimate of drug-likeness (QED) is 0.154. The van der Waals surface area contributed by atoms with Crippen molar-refractivity contribution >= 4 is 40.8 Å². The van der Waals surface area contributed by atoms with Gasteiger partial charge in [-0.15, -0.1) is 5.10 Å². The van der Waals surface area contributed by atoms with Gasteiger partial charge in [-0.3, -0.25) is 4.90 Å². The number of carbonyl (C=O) groups excluding carboxylic acids is 2. The monoisotopic (exact) mass is 690 g/mol. The summed E-state index contributed by atoms with van der Waals surface area (Å²) < 4.78 is 58.7. The molecule has 3 heterocycles. The molecule has 48 heavy (non-hydrogen) atoms. The molecule has 6 atom stereocenters. The van der Waals surface area contributed by atoms with Crippen LogP contribution in [0.2, 0.25) is 0 Å². The van der Waals surface area contributed by atoms with Crippen molar-refractivity contribution in [1.82, 2.24) is 25.0 Å². The molecule has 3 fully saturated rings. The number of esters is 1. The van der Waals surface area contributed by atoms with Gasteiger partial charge in [-0.2, -0.15) is 0 Å². The minimum absolute atomic E-state index is 0.200. The molecule has 0 spiro atoms. The lowest BCUT2D eigenvalue weighted by Crippen LogP contribution is -2.39. The first kappa shape index (κ1) is 34.4. The number of methoxy groups -OCH3 is 1. The second-order valence-corrected chi connectivity index (χ2v) is 14.7. The zero-order valence-electron chi connectivity index (χ0n) is 27.9. The van der Waals surface area contributed by atoms with Crippen LogP contribution in [0.5, 0.6) is 0 Å². The van der Waals surface area contributed by atoms with Crippen LogP contribution in [0.4, 0.5) is 19.4 Å². The highest BCUT2D eigenvalue weighted by Crippen LogP contribution is 2.49. The summed E-state index contributed by atoms with van der Waals surface area (Å²) >= 11 is 1.42. The molecule has 16 heteroatoms. The molecule has 0 radical (unpaired) electrons. The van der Waals surface area contributed by atoms with Gasteiger partial charge in [0.25, 0.3) is 0 Å². The van der Waals surface area contributed by atoms with Gasteiger partial charge in [0.2, 0.25) is 0 Å². The van der Waals surface area contributed by atoms with Gasteiger partial charge in [0, 0.05) is 24.1 Å². The third-order valence-corrected chi connectivity index (χ3v) is 9.39. The van der Waals surface area contributed by atoms with E-state index in [0.29, 0.717) is 35.0 Å². The predicted octanol–water partition coefficient (Wildman–Crippen LogP) is 5.32. The summed E-state index contributed by atoms with van der Waals surface area (Å²) in [7, 11) is 1.29. The number of anilines is 1. The van der Waals surface area contributed by atoms with Crippen molar-refractivity contribution in [2.45, 2.75) is 114 Å². The van der Waals surface area contributed by atoms with Crippen molar-refractivity contribution in [3.05, 3.63) is 35.4 Å². The highest BCUT2D eigenvalue weighted by Gasteiger charge is 2.56. The molecule has 13 nitrogen and oxygen atoms in total. The summed E-state index contributed by atoms with van der Waals surface area (Å²) in [4.78, 5) is 36.9. The summed E-state index contributed by atoms with van der Waals surface area (Å²) in [5.41, 5.74) is 0.336. The van der Waals surface area contributed by atoms with Crippen LogP contribution in [0.15, 0.2) is 23.4 Å². The fourth-order valence-corrected chi connectivity index (χ4v) is 6.94. The second-order valence-electron chi connectivity index (χ2n) is 13.6. The molecule has 6 rings (SSSR count). The average molecular weight is 691 g/mol. The Balaban J connectivity index is 1.42. The van der Waals surface area contributed by atoms with E-state index in [1.54, 1.807) is 39.3 Å². The van der Waals surface area contributed by atoms with Gasteiger partial charge in [0.1, 0.15) is 24.4 Å². The fraction of sp³-hybridized carbons (Fsp3) is 0.625. The summed E-state index contributed by atoms with van der Waals surface area (Å²) in [6.45, 7) is 10.7. The number of fused-ring (bicyclic) bond motifs is 2. The number of aromatic nitrogens is 5. The molecular formula is C32H40F2N6O7S. The van der Waals surface area contributed by atoms with Crippen molar-refractivity contribution in [2.75, 3.05) is 24.4 Å². The van der Waals surface area contributed by atoms with Crippen LogP contribution in [0.3, 0.4) is 0 Å². The summed E-state index contributed by atoms with van der Waals surface area (Å²) in [6.07, 6.45) is -0.517. The lowest BCUT2D eigenvalue weighted by atomic mass is 10.1. The largest absolute Gasteiger partial charge is 0.467 e. The first-order valence-electron chi connectivity index (χ1n) is 16.0. The number of nitrogens with zero attached hydrogens (tertiary/aromatic N) is 6. The maximum absolute atomic E-state index is 14.2. The summed E-state index contributed by atoms with van der Waals surface area (Å²) in [6, 6.07) is 2.82. The van der Waals surface area contributed by atoms with Crippen molar-refractivity contribution in [1.29, 1.82) is 0 Å². The summed E-state index contributed by atoms with van der Waals surface area (Å²) in [5, 5.41) is 9.40. The second kappa shape index (κ2) is 13.1. The van der Waals surface area contributed by atoms with Gasteiger partial charge in [-0.1, -0.05) is 30.0 Å². The molecule has 2 aliphatic carbocycles. The number of carbonyl (C=O) groups is 2. The number of thioether (sulfide) groups is 1. The molecule has 3 aromatic rings. The lowest BCUT2D eigenvalue weighted by molar-refractivity contribution is -0.173. The zero-order chi connectivity index (χ0) is 34.5. The normalized spacial score (nSPS) is 26.0. The van der Waals surface area contributed by atoms with Crippen LogP contribution in [0.25, 0.3) is 11.2 Å². The Kier molecular flexibility index (Phi) is 9.39. The molecule has 1 amide bonds. The number of rotatable bonds is 10. The highest BCUT2D eigenvalue weighted by molar-refractivity contribution is 7.99. The average Bonchev–Trinajstić information content (AvgIpc) is 3.40. The topological polar surface area (TPSA) is 140 Å². The first-order valence-corrected chi connectivity index (χ1v) is 16.9. The number of hydrogen-bond acceptors (Lipinski definition) is 12. The Bertz CT molecular complexity index is 1700. The SMILES string of the molecule is CCCSc1nc(N(C(=O)OC(C)(C)C)[C@@H]2C[C@H]2c2ccc(F)c(F)c2)c2nnn([C@@H]3C[C@H](OCC(=O)OC)[C@H]4OC(C)(C)O[C@H]43)c2n1. The minimum Gasteiger partial charge on any atom is -0.467 e. The van der Waals surface area contributed by atoms with Crippen LogP contribution >= 0.6 is 11.8 Å². The number of amides is 1.